The lowest BCUT2D eigenvalue weighted by molar-refractivity contribution is 0.752. The van der Waals surface area contributed by atoms with Gasteiger partial charge >= 0.3 is 0 Å². The van der Waals surface area contributed by atoms with Crippen molar-refractivity contribution >= 4 is 22.7 Å². The first kappa shape index (κ1) is 13.1. The number of aromatic amines is 1. The number of hydrogen-bond acceptors (Lipinski definition) is 5. The van der Waals surface area contributed by atoms with E-state index in [4.69, 9.17) is 5.73 Å². The number of aromatic nitrogens is 4. The topological polar surface area (TPSA) is 92.5 Å². The maximum atomic E-state index is 5.89. The first-order valence-corrected chi connectivity index (χ1v) is 7.63. The van der Waals surface area contributed by atoms with Gasteiger partial charge in [0.15, 0.2) is 0 Å². The van der Waals surface area contributed by atoms with Crippen LogP contribution in [0, 0.1) is 0 Å². The molecular formula is C16H18N6. The van der Waals surface area contributed by atoms with E-state index in [2.05, 4.69) is 31.5 Å². The highest BCUT2D eigenvalue weighted by atomic mass is 15.1. The Morgan fingerprint density at radius 1 is 1.14 bits per heavy atom. The fourth-order valence-corrected chi connectivity index (χ4v) is 3.11. The van der Waals surface area contributed by atoms with Gasteiger partial charge in [-0.3, -0.25) is 5.10 Å². The van der Waals surface area contributed by atoms with Gasteiger partial charge < -0.3 is 11.1 Å². The molecule has 0 aliphatic heterocycles. The van der Waals surface area contributed by atoms with E-state index in [-0.39, 0.29) is 0 Å². The van der Waals surface area contributed by atoms with Crippen molar-refractivity contribution in [2.24, 2.45) is 0 Å². The van der Waals surface area contributed by atoms with E-state index in [1.165, 1.54) is 25.7 Å². The molecule has 0 saturated heterocycles. The Hall–Kier alpha value is -2.63. The lowest BCUT2D eigenvalue weighted by atomic mass is 10.1. The maximum absolute atomic E-state index is 5.89. The highest BCUT2D eigenvalue weighted by Crippen LogP contribution is 2.29. The summed E-state index contributed by atoms with van der Waals surface area (Å²) in [7, 11) is 0. The fourth-order valence-electron chi connectivity index (χ4n) is 3.11. The summed E-state index contributed by atoms with van der Waals surface area (Å²) in [5.74, 6) is 1.14. The molecule has 4 rings (SSSR count). The average molecular weight is 294 g/mol. The van der Waals surface area contributed by atoms with Crippen molar-refractivity contribution in [2.75, 3.05) is 11.1 Å². The molecular weight excluding hydrogens is 276 g/mol. The molecule has 1 aliphatic rings. The van der Waals surface area contributed by atoms with Gasteiger partial charge in [0, 0.05) is 23.2 Å². The smallest absolute Gasteiger partial charge is 0.222 e. The molecule has 0 spiro atoms. The third-order valence-electron chi connectivity index (χ3n) is 4.22. The zero-order valence-electron chi connectivity index (χ0n) is 12.2. The van der Waals surface area contributed by atoms with Gasteiger partial charge in [0.2, 0.25) is 5.95 Å². The number of hydrogen-bond donors (Lipinski definition) is 3. The van der Waals surface area contributed by atoms with Gasteiger partial charge in [-0.1, -0.05) is 18.9 Å². The van der Waals surface area contributed by atoms with E-state index < -0.39 is 0 Å². The number of benzene rings is 1. The zero-order valence-corrected chi connectivity index (χ0v) is 12.2. The number of H-pyrrole nitrogens is 1. The van der Waals surface area contributed by atoms with Crippen LogP contribution in [-0.4, -0.2) is 26.2 Å². The minimum absolute atomic E-state index is 0.301. The van der Waals surface area contributed by atoms with Gasteiger partial charge in [0.05, 0.1) is 11.2 Å². The third kappa shape index (κ3) is 2.36. The van der Waals surface area contributed by atoms with E-state index >= 15 is 0 Å². The molecule has 0 atom stereocenters. The zero-order chi connectivity index (χ0) is 14.9. The van der Waals surface area contributed by atoms with Crippen molar-refractivity contribution < 1.29 is 0 Å². The molecule has 0 amide bonds. The molecule has 0 unspecified atom stereocenters. The molecule has 22 heavy (non-hydrogen) atoms. The quantitative estimate of drug-likeness (QED) is 0.690. The molecule has 0 radical (unpaired) electrons. The van der Waals surface area contributed by atoms with Crippen LogP contribution >= 0.6 is 0 Å². The molecule has 2 aromatic heterocycles. The van der Waals surface area contributed by atoms with Crippen LogP contribution in [0.2, 0.25) is 0 Å². The Morgan fingerprint density at radius 3 is 2.77 bits per heavy atom. The average Bonchev–Trinajstić information content (AvgIpc) is 3.20. The van der Waals surface area contributed by atoms with Crippen LogP contribution in [0.3, 0.4) is 0 Å². The fraction of sp³-hybridized carbons (Fsp3) is 0.312. The number of rotatable bonds is 3. The second kappa shape index (κ2) is 5.29. The SMILES string of the molecule is Nc1nc(NC2CCCC2)c2ccc(-c3ccn[nH]3)cc2n1. The molecule has 1 aliphatic carbocycles. The van der Waals surface area contributed by atoms with Crippen LogP contribution in [0.4, 0.5) is 11.8 Å². The predicted molar refractivity (Wildman–Crippen MR) is 87.4 cm³/mol. The van der Waals surface area contributed by atoms with Crippen molar-refractivity contribution in [3.05, 3.63) is 30.5 Å². The number of nitrogens with zero attached hydrogens (tertiary/aromatic N) is 3. The van der Waals surface area contributed by atoms with Gasteiger partial charge in [-0.05, 0) is 31.0 Å². The molecule has 6 heteroatoms. The standard InChI is InChI=1S/C16H18N6/c17-16-20-14-9-10(13-7-8-18-22-13)5-6-12(14)15(21-16)19-11-3-1-2-4-11/h5-9,11H,1-4H2,(H,18,22)(H3,17,19,20,21). The summed E-state index contributed by atoms with van der Waals surface area (Å²) >= 11 is 0. The van der Waals surface area contributed by atoms with Gasteiger partial charge in [-0.15, -0.1) is 0 Å². The Labute approximate surface area is 128 Å². The van der Waals surface area contributed by atoms with Crippen LogP contribution in [0.15, 0.2) is 30.5 Å². The van der Waals surface area contributed by atoms with E-state index in [9.17, 15) is 0 Å². The summed E-state index contributed by atoms with van der Waals surface area (Å²) in [4.78, 5) is 8.77. The van der Waals surface area contributed by atoms with Crippen LogP contribution in [0.25, 0.3) is 22.2 Å². The van der Waals surface area contributed by atoms with Gasteiger partial charge in [0.1, 0.15) is 5.82 Å². The molecule has 0 bridgehead atoms. The number of fused-ring (bicyclic) bond motifs is 1. The van der Waals surface area contributed by atoms with Crippen LogP contribution in [0.1, 0.15) is 25.7 Å². The third-order valence-corrected chi connectivity index (χ3v) is 4.22. The number of nitrogen functional groups attached to an aromatic ring is 1. The summed E-state index contributed by atoms with van der Waals surface area (Å²) in [6.07, 6.45) is 6.68. The molecule has 1 aromatic carbocycles. The first-order valence-electron chi connectivity index (χ1n) is 7.63. The van der Waals surface area contributed by atoms with Gasteiger partial charge in [-0.2, -0.15) is 10.1 Å². The van der Waals surface area contributed by atoms with Crippen molar-refractivity contribution in [3.8, 4) is 11.3 Å². The monoisotopic (exact) mass is 294 g/mol. The lowest BCUT2D eigenvalue weighted by Crippen LogP contribution is -2.16. The molecule has 1 fully saturated rings. The molecule has 4 N–H and O–H groups in total. The summed E-state index contributed by atoms with van der Waals surface area (Å²) in [6, 6.07) is 8.53. The van der Waals surface area contributed by atoms with E-state index in [0.717, 1.165) is 28.0 Å². The maximum Gasteiger partial charge on any atom is 0.222 e. The highest BCUT2D eigenvalue weighted by Gasteiger charge is 2.17. The minimum Gasteiger partial charge on any atom is -0.368 e. The van der Waals surface area contributed by atoms with Crippen LogP contribution < -0.4 is 11.1 Å². The van der Waals surface area contributed by atoms with Crippen LogP contribution in [-0.2, 0) is 0 Å². The van der Waals surface area contributed by atoms with E-state index in [1.807, 2.05) is 18.2 Å². The summed E-state index contributed by atoms with van der Waals surface area (Å²) in [6.45, 7) is 0. The van der Waals surface area contributed by atoms with Crippen LogP contribution in [0.5, 0.6) is 0 Å². The first-order chi connectivity index (χ1) is 10.8. The second-order valence-electron chi connectivity index (χ2n) is 5.76. The highest BCUT2D eigenvalue weighted by molar-refractivity contribution is 5.92. The normalized spacial score (nSPS) is 15.5. The second-order valence-corrected chi connectivity index (χ2v) is 5.76. The number of nitrogens with one attached hydrogen (secondary N) is 2. The Morgan fingerprint density at radius 2 is 2.00 bits per heavy atom. The Kier molecular flexibility index (Phi) is 3.14. The Bertz CT molecular complexity index is 790. The Balaban J connectivity index is 1.77. The summed E-state index contributed by atoms with van der Waals surface area (Å²) in [5, 5.41) is 11.5. The van der Waals surface area contributed by atoms with Gasteiger partial charge in [0.25, 0.3) is 0 Å². The minimum atomic E-state index is 0.301. The lowest BCUT2D eigenvalue weighted by Gasteiger charge is -2.15. The molecule has 2 heterocycles. The molecule has 3 aromatic rings. The van der Waals surface area contributed by atoms with Gasteiger partial charge in [-0.25, -0.2) is 4.98 Å². The molecule has 112 valence electrons. The van der Waals surface area contributed by atoms with Crippen molar-refractivity contribution in [1.82, 2.24) is 20.2 Å². The number of nitrogens with two attached hydrogens (primary N) is 1. The van der Waals surface area contributed by atoms with E-state index in [1.54, 1.807) is 6.20 Å². The van der Waals surface area contributed by atoms with Crippen molar-refractivity contribution in [1.29, 1.82) is 0 Å². The van der Waals surface area contributed by atoms with Crippen molar-refractivity contribution in [2.45, 2.75) is 31.7 Å². The summed E-state index contributed by atoms with van der Waals surface area (Å²) < 4.78 is 0. The van der Waals surface area contributed by atoms with Crippen molar-refractivity contribution in [3.63, 3.8) is 0 Å². The largest absolute Gasteiger partial charge is 0.368 e. The molecule has 1 saturated carbocycles. The summed E-state index contributed by atoms with van der Waals surface area (Å²) in [5.41, 5.74) is 8.73. The van der Waals surface area contributed by atoms with E-state index in [0.29, 0.717) is 12.0 Å². The number of anilines is 2. The predicted octanol–water partition coefficient (Wildman–Crippen LogP) is 2.96. The molecule has 6 nitrogen and oxygen atoms in total.